The van der Waals surface area contributed by atoms with Crippen LogP contribution in [0.15, 0.2) is 11.6 Å². The third-order valence-corrected chi connectivity index (χ3v) is 3.76. The summed E-state index contributed by atoms with van der Waals surface area (Å²) in [5, 5.41) is 8.91. The van der Waals surface area contributed by atoms with E-state index in [0.29, 0.717) is 6.61 Å². The van der Waals surface area contributed by atoms with Gasteiger partial charge >= 0.3 is 0 Å². The SMILES string of the molecule is CC(C)=CCO[C@@H]1[C@H]2OC(C)(C)O[C@H]2O[C@@H]1CCCCO. The highest BCUT2D eigenvalue weighted by atomic mass is 16.8. The Morgan fingerprint density at radius 1 is 1.24 bits per heavy atom. The first-order valence-electron chi connectivity index (χ1n) is 7.80. The highest BCUT2D eigenvalue weighted by molar-refractivity contribution is 4.97. The molecule has 4 atom stereocenters. The van der Waals surface area contributed by atoms with Gasteiger partial charge in [0.05, 0.1) is 12.7 Å². The molecule has 0 aromatic rings. The molecule has 5 heteroatoms. The fourth-order valence-corrected chi connectivity index (χ4v) is 2.76. The molecule has 0 spiro atoms. The van der Waals surface area contributed by atoms with Gasteiger partial charge in [-0.1, -0.05) is 11.6 Å². The highest BCUT2D eigenvalue weighted by Crippen LogP contribution is 2.39. The van der Waals surface area contributed by atoms with E-state index < -0.39 is 5.79 Å². The van der Waals surface area contributed by atoms with E-state index in [0.717, 1.165) is 19.3 Å². The number of aliphatic hydroxyl groups is 1. The lowest BCUT2D eigenvalue weighted by Gasteiger charge is -2.25. The van der Waals surface area contributed by atoms with Crippen molar-refractivity contribution in [1.82, 2.24) is 0 Å². The molecule has 0 saturated carbocycles. The zero-order valence-corrected chi connectivity index (χ0v) is 13.5. The number of rotatable bonds is 7. The fourth-order valence-electron chi connectivity index (χ4n) is 2.76. The molecule has 122 valence electrons. The smallest absolute Gasteiger partial charge is 0.190 e. The molecule has 2 rings (SSSR count). The third-order valence-electron chi connectivity index (χ3n) is 3.76. The van der Waals surface area contributed by atoms with Crippen molar-refractivity contribution in [2.24, 2.45) is 0 Å². The Labute approximate surface area is 127 Å². The minimum Gasteiger partial charge on any atom is -0.396 e. The van der Waals surface area contributed by atoms with E-state index in [9.17, 15) is 0 Å². The first-order valence-corrected chi connectivity index (χ1v) is 7.80. The lowest BCUT2D eigenvalue weighted by atomic mass is 10.0. The molecule has 0 radical (unpaired) electrons. The Balaban J connectivity index is 1.95. The van der Waals surface area contributed by atoms with Crippen molar-refractivity contribution < 1.29 is 24.1 Å². The van der Waals surface area contributed by atoms with E-state index in [4.69, 9.17) is 24.1 Å². The minimum absolute atomic E-state index is 0.0341. The predicted molar refractivity (Wildman–Crippen MR) is 78.8 cm³/mol. The maximum absolute atomic E-state index is 8.91. The van der Waals surface area contributed by atoms with Gasteiger partial charge in [-0.25, -0.2) is 0 Å². The molecule has 2 fully saturated rings. The van der Waals surface area contributed by atoms with Crippen LogP contribution in [-0.4, -0.2) is 48.7 Å². The molecule has 1 N–H and O–H groups in total. The van der Waals surface area contributed by atoms with Crippen molar-refractivity contribution in [3.05, 3.63) is 11.6 Å². The van der Waals surface area contributed by atoms with Crippen LogP contribution in [0.1, 0.15) is 47.0 Å². The van der Waals surface area contributed by atoms with E-state index in [1.807, 2.05) is 27.7 Å². The summed E-state index contributed by atoms with van der Waals surface area (Å²) in [4.78, 5) is 0. The van der Waals surface area contributed by atoms with Gasteiger partial charge in [-0.15, -0.1) is 0 Å². The summed E-state index contributed by atoms with van der Waals surface area (Å²) in [6.45, 7) is 8.65. The molecule has 0 unspecified atom stereocenters. The molecule has 21 heavy (non-hydrogen) atoms. The molecule has 0 aliphatic carbocycles. The van der Waals surface area contributed by atoms with Crippen molar-refractivity contribution in [2.75, 3.05) is 13.2 Å². The van der Waals surface area contributed by atoms with Gasteiger partial charge in [0.25, 0.3) is 0 Å². The molecule has 0 bridgehead atoms. The minimum atomic E-state index is -0.622. The Hall–Kier alpha value is -0.460. The zero-order valence-electron chi connectivity index (χ0n) is 13.5. The van der Waals surface area contributed by atoms with E-state index >= 15 is 0 Å². The first kappa shape index (κ1) is 16.9. The highest BCUT2D eigenvalue weighted by Gasteiger charge is 2.54. The maximum atomic E-state index is 8.91. The van der Waals surface area contributed by atoms with Gasteiger partial charge in [-0.3, -0.25) is 0 Å². The van der Waals surface area contributed by atoms with E-state index in [1.54, 1.807) is 0 Å². The van der Waals surface area contributed by atoms with Gasteiger partial charge < -0.3 is 24.1 Å². The molecular formula is C16H28O5. The van der Waals surface area contributed by atoms with E-state index in [-0.39, 0.29) is 31.2 Å². The predicted octanol–water partition coefficient (Wildman–Crippen LogP) is 2.38. The van der Waals surface area contributed by atoms with Crippen LogP contribution in [0.4, 0.5) is 0 Å². The molecule has 0 aromatic carbocycles. The summed E-state index contributed by atoms with van der Waals surface area (Å²) in [7, 11) is 0. The Bertz CT molecular complexity index is 362. The molecule has 0 amide bonds. The van der Waals surface area contributed by atoms with Crippen LogP contribution in [0.3, 0.4) is 0 Å². The maximum Gasteiger partial charge on any atom is 0.190 e. The molecule has 2 aliphatic rings. The normalized spacial score (nSPS) is 34.0. The van der Waals surface area contributed by atoms with E-state index in [2.05, 4.69) is 6.08 Å². The third kappa shape index (κ3) is 4.50. The van der Waals surface area contributed by atoms with Crippen molar-refractivity contribution in [2.45, 2.75) is 77.3 Å². The quantitative estimate of drug-likeness (QED) is 0.578. The summed E-state index contributed by atoms with van der Waals surface area (Å²) in [6.07, 6.45) is 3.91. The molecule has 0 aromatic heterocycles. The zero-order chi connectivity index (χ0) is 15.5. The second-order valence-electron chi connectivity index (χ2n) is 6.44. The van der Waals surface area contributed by atoms with E-state index in [1.165, 1.54) is 5.57 Å². The summed E-state index contributed by atoms with van der Waals surface area (Å²) < 4.78 is 23.7. The number of ether oxygens (including phenoxy) is 4. The Morgan fingerprint density at radius 3 is 2.67 bits per heavy atom. The van der Waals surface area contributed by atoms with Crippen molar-refractivity contribution in [1.29, 1.82) is 0 Å². The molecule has 2 aliphatic heterocycles. The number of fused-ring (bicyclic) bond motifs is 1. The van der Waals surface area contributed by atoms with Gasteiger partial charge in [-0.2, -0.15) is 0 Å². The van der Waals surface area contributed by atoms with Crippen LogP contribution in [-0.2, 0) is 18.9 Å². The van der Waals surface area contributed by atoms with Crippen LogP contribution >= 0.6 is 0 Å². The topological polar surface area (TPSA) is 57.2 Å². The number of aliphatic hydroxyl groups excluding tert-OH is 1. The fraction of sp³-hybridized carbons (Fsp3) is 0.875. The first-order chi connectivity index (χ1) is 9.93. The monoisotopic (exact) mass is 300 g/mol. The van der Waals surface area contributed by atoms with Crippen LogP contribution in [0, 0.1) is 0 Å². The number of unbranched alkanes of at least 4 members (excludes halogenated alkanes) is 1. The average molecular weight is 300 g/mol. The molecule has 2 heterocycles. The lowest BCUT2D eigenvalue weighted by Crippen LogP contribution is -2.37. The van der Waals surface area contributed by atoms with Gasteiger partial charge in [0.2, 0.25) is 0 Å². The molecule has 5 nitrogen and oxygen atoms in total. The van der Waals surface area contributed by atoms with Crippen molar-refractivity contribution >= 4 is 0 Å². The Kier molecular flexibility index (Phi) is 5.80. The van der Waals surface area contributed by atoms with Crippen molar-refractivity contribution in [3.8, 4) is 0 Å². The average Bonchev–Trinajstić information content (AvgIpc) is 2.83. The molecular weight excluding hydrogens is 272 g/mol. The molecule has 2 saturated heterocycles. The second kappa shape index (κ2) is 7.20. The number of hydrogen-bond acceptors (Lipinski definition) is 5. The van der Waals surface area contributed by atoms with Gasteiger partial charge in [0.1, 0.15) is 12.2 Å². The van der Waals surface area contributed by atoms with Crippen LogP contribution in [0.5, 0.6) is 0 Å². The number of allylic oxidation sites excluding steroid dienone is 1. The largest absolute Gasteiger partial charge is 0.396 e. The summed E-state index contributed by atoms with van der Waals surface area (Å²) in [5.74, 6) is -0.622. The van der Waals surface area contributed by atoms with Crippen molar-refractivity contribution in [3.63, 3.8) is 0 Å². The summed E-state index contributed by atoms with van der Waals surface area (Å²) in [6, 6.07) is 0. The van der Waals surface area contributed by atoms with Gasteiger partial charge in [0, 0.05) is 6.61 Å². The second-order valence-corrected chi connectivity index (χ2v) is 6.44. The van der Waals surface area contributed by atoms with Gasteiger partial charge in [-0.05, 0) is 47.0 Å². The van der Waals surface area contributed by atoms with Crippen LogP contribution < -0.4 is 0 Å². The lowest BCUT2D eigenvalue weighted by molar-refractivity contribution is -0.218. The van der Waals surface area contributed by atoms with Crippen LogP contribution in [0.2, 0.25) is 0 Å². The summed E-state index contributed by atoms with van der Waals surface area (Å²) in [5.41, 5.74) is 1.23. The summed E-state index contributed by atoms with van der Waals surface area (Å²) >= 11 is 0. The van der Waals surface area contributed by atoms with Crippen LogP contribution in [0.25, 0.3) is 0 Å². The Morgan fingerprint density at radius 2 is 2.00 bits per heavy atom. The van der Waals surface area contributed by atoms with Gasteiger partial charge in [0.15, 0.2) is 12.1 Å². The number of hydrogen-bond donors (Lipinski definition) is 1. The standard InChI is InChI=1S/C16H28O5/c1-11(2)8-10-18-13-12(7-5-6-9-17)19-15-14(13)20-16(3,4)21-15/h8,12-15,17H,5-7,9-10H2,1-4H3/t12-,13+,14-,15-/m1/s1.